The van der Waals surface area contributed by atoms with Gasteiger partial charge in [0.05, 0.1) is 13.2 Å². The molecule has 0 aliphatic heterocycles. The number of hydrazine groups is 1. The van der Waals surface area contributed by atoms with E-state index in [-0.39, 0.29) is 6.04 Å². The molecule has 0 radical (unpaired) electrons. The Bertz CT molecular complexity index is 623. The number of hydrogen-bond donors (Lipinski definition) is 2. The molecule has 0 spiro atoms. The van der Waals surface area contributed by atoms with Crippen molar-refractivity contribution in [1.29, 1.82) is 0 Å². The molecule has 0 aliphatic rings. The summed E-state index contributed by atoms with van der Waals surface area (Å²) < 4.78 is 5.38. The Hall–Kier alpha value is -1.84. The van der Waals surface area contributed by atoms with Gasteiger partial charge >= 0.3 is 0 Å². The molecule has 0 bridgehead atoms. The summed E-state index contributed by atoms with van der Waals surface area (Å²) in [6, 6.07) is 12.8. The zero-order valence-corrected chi connectivity index (χ0v) is 13.2. The summed E-state index contributed by atoms with van der Waals surface area (Å²) in [5, 5.41) is 0. The van der Waals surface area contributed by atoms with Crippen LogP contribution in [-0.4, -0.2) is 7.11 Å². The second-order valence-electron chi connectivity index (χ2n) is 5.53. The van der Waals surface area contributed by atoms with Gasteiger partial charge in [0.25, 0.3) is 0 Å². The second kappa shape index (κ2) is 6.74. The average molecular weight is 284 g/mol. The third-order valence-corrected chi connectivity index (χ3v) is 4.05. The lowest BCUT2D eigenvalue weighted by Crippen LogP contribution is -2.30. The number of hydrogen-bond acceptors (Lipinski definition) is 3. The van der Waals surface area contributed by atoms with Gasteiger partial charge in [-0.25, -0.2) is 0 Å². The minimum Gasteiger partial charge on any atom is -0.496 e. The number of nitrogens with one attached hydrogen (secondary N) is 1. The lowest BCUT2D eigenvalue weighted by atomic mass is 9.92. The van der Waals surface area contributed by atoms with Crippen molar-refractivity contribution in [2.24, 2.45) is 5.84 Å². The van der Waals surface area contributed by atoms with Crippen LogP contribution in [-0.2, 0) is 6.42 Å². The number of nitrogens with two attached hydrogens (primary N) is 1. The van der Waals surface area contributed by atoms with Crippen molar-refractivity contribution in [2.75, 3.05) is 7.11 Å². The van der Waals surface area contributed by atoms with E-state index in [1.807, 2.05) is 0 Å². The summed E-state index contributed by atoms with van der Waals surface area (Å²) in [7, 11) is 1.70. The third-order valence-electron chi connectivity index (χ3n) is 4.05. The number of rotatable bonds is 5. The van der Waals surface area contributed by atoms with Gasteiger partial charge in [-0.3, -0.25) is 11.3 Å². The van der Waals surface area contributed by atoms with Crippen molar-refractivity contribution in [3.8, 4) is 5.75 Å². The van der Waals surface area contributed by atoms with E-state index in [0.717, 1.165) is 17.7 Å². The summed E-state index contributed by atoms with van der Waals surface area (Å²) >= 11 is 0. The summed E-state index contributed by atoms with van der Waals surface area (Å²) in [6.07, 6.45) is 0.871. The van der Waals surface area contributed by atoms with Crippen LogP contribution in [0.25, 0.3) is 0 Å². The fourth-order valence-electron chi connectivity index (χ4n) is 2.73. The fraction of sp³-hybridized carbons (Fsp3) is 0.333. The van der Waals surface area contributed by atoms with E-state index < -0.39 is 0 Å². The highest BCUT2D eigenvalue weighted by molar-refractivity contribution is 5.43. The van der Waals surface area contributed by atoms with E-state index in [0.29, 0.717) is 0 Å². The van der Waals surface area contributed by atoms with Crippen LogP contribution in [0.2, 0.25) is 0 Å². The van der Waals surface area contributed by atoms with Gasteiger partial charge in [0, 0.05) is 0 Å². The number of ether oxygens (including phenoxy) is 1. The van der Waals surface area contributed by atoms with Crippen LogP contribution in [0.15, 0.2) is 36.4 Å². The lowest BCUT2D eigenvalue weighted by molar-refractivity contribution is 0.410. The maximum atomic E-state index is 5.81. The fourth-order valence-corrected chi connectivity index (χ4v) is 2.73. The minimum absolute atomic E-state index is 0.0932. The first-order chi connectivity index (χ1) is 10.1. The minimum atomic E-state index is 0.0932. The largest absolute Gasteiger partial charge is 0.496 e. The van der Waals surface area contributed by atoms with Crippen molar-refractivity contribution in [2.45, 2.75) is 33.2 Å². The molecule has 0 aliphatic carbocycles. The Morgan fingerprint density at radius 1 is 1.05 bits per heavy atom. The van der Waals surface area contributed by atoms with Crippen molar-refractivity contribution in [3.63, 3.8) is 0 Å². The highest BCUT2D eigenvalue weighted by Crippen LogP contribution is 2.28. The van der Waals surface area contributed by atoms with Crippen molar-refractivity contribution < 1.29 is 4.74 Å². The van der Waals surface area contributed by atoms with E-state index in [2.05, 4.69) is 62.6 Å². The molecule has 2 rings (SSSR count). The summed E-state index contributed by atoms with van der Waals surface area (Å²) in [4.78, 5) is 0. The van der Waals surface area contributed by atoms with Crippen molar-refractivity contribution in [1.82, 2.24) is 5.43 Å². The molecule has 2 aromatic rings. The van der Waals surface area contributed by atoms with E-state index in [1.165, 1.54) is 22.3 Å². The summed E-state index contributed by atoms with van der Waals surface area (Å²) in [5.74, 6) is 6.73. The second-order valence-corrected chi connectivity index (χ2v) is 5.53. The Kier molecular flexibility index (Phi) is 4.99. The van der Waals surface area contributed by atoms with Gasteiger partial charge in [-0.1, -0.05) is 30.3 Å². The molecular weight excluding hydrogens is 260 g/mol. The topological polar surface area (TPSA) is 47.3 Å². The molecule has 3 heteroatoms. The van der Waals surface area contributed by atoms with Crippen LogP contribution in [0.1, 0.15) is 33.9 Å². The first-order valence-corrected chi connectivity index (χ1v) is 7.22. The van der Waals surface area contributed by atoms with Crippen LogP contribution in [0.5, 0.6) is 5.75 Å². The van der Waals surface area contributed by atoms with Gasteiger partial charge < -0.3 is 4.74 Å². The molecule has 112 valence electrons. The molecule has 1 unspecified atom stereocenters. The SMILES string of the molecule is COc1cc(C)c(C(Cc2ccccc2C)NN)cc1C. The van der Waals surface area contributed by atoms with Crippen LogP contribution in [0, 0.1) is 20.8 Å². The molecule has 0 heterocycles. The molecule has 1 atom stereocenters. The van der Waals surface area contributed by atoms with E-state index in [1.54, 1.807) is 7.11 Å². The van der Waals surface area contributed by atoms with Gasteiger partial charge in [-0.2, -0.15) is 0 Å². The van der Waals surface area contributed by atoms with Gasteiger partial charge in [0.15, 0.2) is 0 Å². The normalized spacial score (nSPS) is 12.2. The van der Waals surface area contributed by atoms with E-state index in [4.69, 9.17) is 10.6 Å². The summed E-state index contributed by atoms with van der Waals surface area (Å²) in [6.45, 7) is 6.29. The van der Waals surface area contributed by atoms with Crippen LogP contribution >= 0.6 is 0 Å². The summed E-state index contributed by atoms with van der Waals surface area (Å²) in [5.41, 5.74) is 9.10. The zero-order valence-electron chi connectivity index (χ0n) is 13.2. The van der Waals surface area contributed by atoms with E-state index in [9.17, 15) is 0 Å². The Labute approximate surface area is 127 Å². The number of aryl methyl sites for hydroxylation is 3. The monoisotopic (exact) mass is 284 g/mol. The van der Waals surface area contributed by atoms with Crippen LogP contribution in [0.4, 0.5) is 0 Å². The molecule has 0 aromatic heterocycles. The molecule has 3 N–H and O–H groups in total. The quantitative estimate of drug-likeness (QED) is 0.653. The Morgan fingerprint density at radius 3 is 2.38 bits per heavy atom. The first-order valence-electron chi connectivity index (χ1n) is 7.22. The standard InChI is InChI=1S/C18H24N2O/c1-12-7-5-6-8-15(12)11-17(20-19)16-9-14(3)18(21-4)10-13(16)2/h5-10,17,20H,11,19H2,1-4H3. The maximum Gasteiger partial charge on any atom is 0.122 e. The molecule has 21 heavy (non-hydrogen) atoms. The lowest BCUT2D eigenvalue weighted by Gasteiger charge is -2.21. The Morgan fingerprint density at radius 2 is 1.76 bits per heavy atom. The average Bonchev–Trinajstić information content (AvgIpc) is 2.48. The molecule has 0 fully saturated rings. The Balaban J connectivity index is 2.34. The molecule has 0 saturated heterocycles. The van der Waals surface area contributed by atoms with Gasteiger partial charge in [0.1, 0.15) is 5.75 Å². The predicted octanol–water partition coefficient (Wildman–Crippen LogP) is 3.37. The van der Waals surface area contributed by atoms with Gasteiger partial charge in [-0.15, -0.1) is 0 Å². The zero-order chi connectivity index (χ0) is 15.4. The van der Waals surface area contributed by atoms with E-state index >= 15 is 0 Å². The number of benzene rings is 2. The predicted molar refractivity (Wildman–Crippen MR) is 87.4 cm³/mol. The highest BCUT2D eigenvalue weighted by Gasteiger charge is 2.16. The first kappa shape index (κ1) is 15.5. The number of methoxy groups -OCH3 is 1. The molecule has 3 nitrogen and oxygen atoms in total. The highest BCUT2D eigenvalue weighted by atomic mass is 16.5. The molecular formula is C18H24N2O. The van der Waals surface area contributed by atoms with Gasteiger partial charge in [0.2, 0.25) is 0 Å². The molecule has 2 aromatic carbocycles. The van der Waals surface area contributed by atoms with Crippen molar-refractivity contribution in [3.05, 3.63) is 64.2 Å². The maximum absolute atomic E-state index is 5.81. The van der Waals surface area contributed by atoms with Gasteiger partial charge in [-0.05, 0) is 61.1 Å². The van der Waals surface area contributed by atoms with Crippen LogP contribution < -0.4 is 16.0 Å². The molecule has 0 saturated carbocycles. The van der Waals surface area contributed by atoms with Crippen LogP contribution in [0.3, 0.4) is 0 Å². The third kappa shape index (κ3) is 3.43. The molecule has 0 amide bonds. The smallest absolute Gasteiger partial charge is 0.122 e. The van der Waals surface area contributed by atoms with Crippen molar-refractivity contribution >= 4 is 0 Å².